The highest BCUT2D eigenvalue weighted by Gasteiger charge is 2.80. The normalized spacial score (nSPS) is 16.0. The number of phenols is 1. The maximum atomic E-state index is 13.8. The molecule has 15 heteroatoms. The zero-order valence-electron chi connectivity index (χ0n) is 12.1. The third kappa shape index (κ3) is 4.33. The minimum Gasteiger partial charge on any atom is -0.508 e. The summed E-state index contributed by atoms with van der Waals surface area (Å²) >= 11 is 0. The van der Waals surface area contributed by atoms with Crippen LogP contribution in [0.15, 0.2) is 24.3 Å². The van der Waals surface area contributed by atoms with E-state index in [2.05, 4.69) is 4.74 Å². The molecule has 1 aromatic carbocycles. The third-order valence-electron chi connectivity index (χ3n) is 2.66. The molecule has 0 spiro atoms. The Balaban J connectivity index is 3.27. The fourth-order valence-electron chi connectivity index (χ4n) is 1.31. The molecule has 0 radical (unpaired) electrons. The Morgan fingerprint density at radius 3 is 1.59 bits per heavy atom. The first-order valence-corrected chi connectivity index (χ1v) is 6.14. The second kappa shape index (κ2) is 6.69. The Kier molecular flexibility index (Phi) is 5.63. The standard InChI is InChI=1S/C12H5F11O4/c13-8(10(16,17)18,7(25)26-6-3-1-5(24)2-4-6)27-12(22,23)9(14,15)11(19,20)21/h1-4,24H. The number of hydrogen-bond donors (Lipinski definition) is 1. The molecule has 0 saturated heterocycles. The van der Waals surface area contributed by atoms with Gasteiger partial charge in [-0.25, -0.2) is 4.79 Å². The van der Waals surface area contributed by atoms with Crippen molar-refractivity contribution in [2.24, 2.45) is 0 Å². The Labute approximate surface area is 141 Å². The molecule has 1 aromatic rings. The van der Waals surface area contributed by atoms with Gasteiger partial charge in [0.15, 0.2) is 0 Å². The van der Waals surface area contributed by atoms with Crippen LogP contribution in [0.25, 0.3) is 0 Å². The molecule has 4 nitrogen and oxygen atoms in total. The zero-order valence-corrected chi connectivity index (χ0v) is 12.1. The molecule has 0 heterocycles. The number of phenolic OH excluding ortho intramolecular Hbond substituents is 1. The number of esters is 1. The number of rotatable bonds is 5. The van der Waals surface area contributed by atoms with Crippen LogP contribution in [0, 0.1) is 0 Å². The smallest absolute Gasteiger partial charge is 0.462 e. The van der Waals surface area contributed by atoms with Crippen LogP contribution in [0.1, 0.15) is 0 Å². The SMILES string of the molecule is O=C(Oc1ccc(O)cc1)C(F)(OC(F)(F)C(F)(F)C(F)(F)F)C(F)(F)F. The van der Waals surface area contributed by atoms with E-state index >= 15 is 0 Å². The molecule has 1 rings (SSSR count). The lowest BCUT2D eigenvalue weighted by Crippen LogP contribution is -2.62. The lowest BCUT2D eigenvalue weighted by molar-refractivity contribution is -0.474. The Morgan fingerprint density at radius 2 is 1.22 bits per heavy atom. The molecule has 0 fully saturated rings. The van der Waals surface area contributed by atoms with Gasteiger partial charge in [-0.05, 0) is 24.3 Å². The van der Waals surface area contributed by atoms with Crippen molar-refractivity contribution in [3.05, 3.63) is 24.3 Å². The molecule has 0 amide bonds. The summed E-state index contributed by atoms with van der Waals surface area (Å²) < 4.78 is 145. The number of alkyl halides is 11. The molecule has 1 atom stereocenters. The second-order valence-electron chi connectivity index (χ2n) is 4.67. The van der Waals surface area contributed by atoms with E-state index in [9.17, 15) is 53.1 Å². The Hall–Kier alpha value is -2.32. The van der Waals surface area contributed by atoms with Gasteiger partial charge in [-0.2, -0.15) is 48.3 Å². The van der Waals surface area contributed by atoms with Crippen molar-refractivity contribution < 1.29 is 67.7 Å². The maximum absolute atomic E-state index is 13.8. The van der Waals surface area contributed by atoms with E-state index in [4.69, 9.17) is 5.11 Å². The predicted molar refractivity (Wildman–Crippen MR) is 60.7 cm³/mol. The summed E-state index contributed by atoms with van der Waals surface area (Å²) in [4.78, 5) is 11.3. The number of carbonyl (C=O) groups is 1. The van der Waals surface area contributed by atoms with Gasteiger partial charge in [0, 0.05) is 0 Å². The minimum absolute atomic E-state index is 0.520. The van der Waals surface area contributed by atoms with Gasteiger partial charge >= 0.3 is 36.2 Å². The summed E-state index contributed by atoms with van der Waals surface area (Å²) in [6.07, 6.45) is -21.1. The fraction of sp³-hybridized carbons (Fsp3) is 0.417. The van der Waals surface area contributed by atoms with Crippen LogP contribution in [0.2, 0.25) is 0 Å². The van der Waals surface area contributed by atoms with Crippen molar-refractivity contribution in [2.75, 3.05) is 0 Å². The third-order valence-corrected chi connectivity index (χ3v) is 2.66. The first-order valence-electron chi connectivity index (χ1n) is 6.14. The number of hydrogen-bond acceptors (Lipinski definition) is 4. The molecule has 27 heavy (non-hydrogen) atoms. The number of aromatic hydroxyl groups is 1. The molecule has 154 valence electrons. The summed E-state index contributed by atoms with van der Waals surface area (Å²) in [7, 11) is 0. The quantitative estimate of drug-likeness (QED) is 0.436. The Bertz CT molecular complexity index is 680. The Morgan fingerprint density at radius 1 is 0.778 bits per heavy atom. The van der Waals surface area contributed by atoms with Crippen LogP contribution in [0.4, 0.5) is 48.3 Å². The van der Waals surface area contributed by atoms with E-state index < -0.39 is 47.7 Å². The van der Waals surface area contributed by atoms with E-state index in [1.807, 2.05) is 4.74 Å². The van der Waals surface area contributed by atoms with Crippen molar-refractivity contribution in [3.8, 4) is 11.5 Å². The average Bonchev–Trinajstić information content (AvgIpc) is 2.46. The predicted octanol–water partition coefficient (Wildman–Crippen LogP) is 4.33. The molecule has 0 aromatic heterocycles. The van der Waals surface area contributed by atoms with Gasteiger partial charge in [-0.1, -0.05) is 0 Å². The first-order chi connectivity index (χ1) is 11.8. The van der Waals surface area contributed by atoms with E-state index in [0.29, 0.717) is 24.3 Å². The van der Waals surface area contributed by atoms with Gasteiger partial charge in [0.05, 0.1) is 0 Å². The monoisotopic (exact) mass is 422 g/mol. The molecule has 0 aliphatic rings. The molecule has 1 N–H and O–H groups in total. The van der Waals surface area contributed by atoms with Crippen molar-refractivity contribution >= 4 is 5.97 Å². The van der Waals surface area contributed by atoms with Crippen molar-refractivity contribution in [1.29, 1.82) is 0 Å². The van der Waals surface area contributed by atoms with Crippen LogP contribution in [-0.4, -0.2) is 41.3 Å². The van der Waals surface area contributed by atoms with Gasteiger partial charge in [0.25, 0.3) is 0 Å². The number of ether oxygens (including phenoxy) is 2. The second-order valence-corrected chi connectivity index (χ2v) is 4.67. The largest absolute Gasteiger partial charge is 0.508 e. The number of benzene rings is 1. The van der Waals surface area contributed by atoms with Gasteiger partial charge in [0.2, 0.25) is 0 Å². The highest BCUT2D eigenvalue weighted by Crippen LogP contribution is 2.51. The van der Waals surface area contributed by atoms with E-state index in [-0.39, 0.29) is 0 Å². The summed E-state index contributed by atoms with van der Waals surface area (Å²) in [6, 6.07) is 2.38. The van der Waals surface area contributed by atoms with Crippen LogP contribution in [0.3, 0.4) is 0 Å². The first kappa shape index (κ1) is 22.7. The summed E-state index contributed by atoms with van der Waals surface area (Å²) in [5.74, 6) is -18.7. The van der Waals surface area contributed by atoms with Gasteiger partial charge in [-0.15, -0.1) is 0 Å². The molecule has 0 aliphatic carbocycles. The van der Waals surface area contributed by atoms with E-state index in [1.165, 1.54) is 0 Å². The number of halogens is 11. The summed E-state index contributed by atoms with van der Waals surface area (Å²) in [6.45, 7) is 0. The van der Waals surface area contributed by atoms with E-state index in [0.717, 1.165) is 0 Å². The average molecular weight is 422 g/mol. The van der Waals surface area contributed by atoms with Crippen LogP contribution < -0.4 is 4.74 Å². The molecular formula is C12H5F11O4. The van der Waals surface area contributed by atoms with Gasteiger partial charge in [0.1, 0.15) is 11.5 Å². The lowest BCUT2D eigenvalue weighted by atomic mass is 10.2. The molecule has 0 bridgehead atoms. The topological polar surface area (TPSA) is 55.8 Å². The summed E-state index contributed by atoms with van der Waals surface area (Å²) in [5, 5.41) is 8.89. The highest BCUT2D eigenvalue weighted by molar-refractivity contribution is 5.81. The van der Waals surface area contributed by atoms with Crippen molar-refractivity contribution in [1.82, 2.24) is 0 Å². The lowest BCUT2D eigenvalue weighted by Gasteiger charge is -2.33. The number of carbonyl (C=O) groups excluding carboxylic acids is 1. The molecular weight excluding hydrogens is 417 g/mol. The van der Waals surface area contributed by atoms with Gasteiger partial charge < -0.3 is 9.84 Å². The van der Waals surface area contributed by atoms with Crippen LogP contribution in [0.5, 0.6) is 11.5 Å². The molecule has 0 saturated carbocycles. The molecule has 0 aliphatic heterocycles. The van der Waals surface area contributed by atoms with E-state index in [1.54, 1.807) is 0 Å². The van der Waals surface area contributed by atoms with Crippen molar-refractivity contribution in [3.63, 3.8) is 0 Å². The summed E-state index contributed by atoms with van der Waals surface area (Å²) in [5.41, 5.74) is 0. The van der Waals surface area contributed by atoms with Crippen LogP contribution >= 0.6 is 0 Å². The minimum atomic E-state index is -7.29. The van der Waals surface area contributed by atoms with Crippen molar-refractivity contribution in [2.45, 2.75) is 30.2 Å². The zero-order chi connectivity index (χ0) is 21.5. The molecule has 1 unspecified atom stereocenters. The van der Waals surface area contributed by atoms with Gasteiger partial charge in [-0.3, -0.25) is 4.74 Å². The highest BCUT2D eigenvalue weighted by atomic mass is 19.4. The fourth-order valence-corrected chi connectivity index (χ4v) is 1.31. The maximum Gasteiger partial charge on any atom is 0.462 e. The van der Waals surface area contributed by atoms with Crippen LogP contribution in [-0.2, 0) is 9.53 Å².